The van der Waals surface area contributed by atoms with E-state index in [0.29, 0.717) is 44.6 Å². The topological polar surface area (TPSA) is 77.7 Å². The van der Waals surface area contributed by atoms with Crippen molar-refractivity contribution in [2.75, 3.05) is 19.6 Å². The van der Waals surface area contributed by atoms with Crippen molar-refractivity contribution in [1.29, 1.82) is 0 Å². The summed E-state index contributed by atoms with van der Waals surface area (Å²) >= 11 is 0. The molecule has 172 valence electrons. The first-order valence-electron chi connectivity index (χ1n) is 11.6. The number of ether oxygens (including phenoxy) is 1. The highest BCUT2D eigenvalue weighted by Crippen LogP contribution is 2.36. The monoisotopic (exact) mass is 446 g/mol. The highest BCUT2D eigenvalue weighted by Gasteiger charge is 2.43. The van der Waals surface area contributed by atoms with E-state index in [-0.39, 0.29) is 18.0 Å². The van der Waals surface area contributed by atoms with Gasteiger partial charge in [-0.2, -0.15) is 0 Å². The minimum Gasteiger partial charge on any atom is -0.485 e. The van der Waals surface area contributed by atoms with E-state index in [1.165, 1.54) is 0 Å². The first-order valence-corrected chi connectivity index (χ1v) is 11.6. The van der Waals surface area contributed by atoms with Gasteiger partial charge in [-0.1, -0.05) is 18.2 Å². The molecule has 3 heterocycles. The predicted molar refractivity (Wildman–Crippen MR) is 127 cm³/mol. The molecule has 1 aromatic heterocycles. The molecule has 7 nitrogen and oxygen atoms in total. The zero-order chi connectivity index (χ0) is 23.0. The van der Waals surface area contributed by atoms with Crippen LogP contribution in [0.5, 0.6) is 5.75 Å². The Balaban J connectivity index is 1.41. The molecule has 1 saturated heterocycles. The summed E-state index contributed by atoms with van der Waals surface area (Å²) in [6, 6.07) is 15.8. The summed E-state index contributed by atoms with van der Waals surface area (Å²) < 4.78 is 6.61. The van der Waals surface area contributed by atoms with Gasteiger partial charge in [-0.25, -0.2) is 4.79 Å². The van der Waals surface area contributed by atoms with Gasteiger partial charge in [0.15, 0.2) is 0 Å². The minimum atomic E-state index is -0.519. The Morgan fingerprint density at radius 1 is 1.06 bits per heavy atom. The van der Waals surface area contributed by atoms with Crippen molar-refractivity contribution >= 4 is 22.8 Å². The lowest BCUT2D eigenvalue weighted by atomic mass is 9.90. The first-order chi connectivity index (χ1) is 15.9. The number of nitrogens with zero attached hydrogens (tertiary/aromatic N) is 2. The van der Waals surface area contributed by atoms with Gasteiger partial charge in [0.1, 0.15) is 11.4 Å². The molecule has 0 bridgehead atoms. The van der Waals surface area contributed by atoms with E-state index < -0.39 is 5.60 Å². The van der Waals surface area contributed by atoms with Crippen LogP contribution in [-0.4, -0.2) is 58.0 Å². The lowest BCUT2D eigenvalue weighted by Gasteiger charge is -2.42. The average molecular weight is 447 g/mol. The maximum atomic E-state index is 13.6. The molecule has 3 aromatic rings. The number of piperidine rings is 1. The SMILES string of the molecule is CC(C)NC(=O)N1CCC2(CC1)CN(C(=O)c1ccc3[nH]ccc3c1)Cc1ccccc1O2. The van der Waals surface area contributed by atoms with E-state index in [1.54, 1.807) is 0 Å². The zero-order valence-electron chi connectivity index (χ0n) is 19.1. The van der Waals surface area contributed by atoms with Crippen molar-refractivity contribution in [3.8, 4) is 5.75 Å². The molecule has 0 unspecified atom stereocenters. The Morgan fingerprint density at radius 2 is 1.85 bits per heavy atom. The Labute approximate surface area is 193 Å². The van der Waals surface area contributed by atoms with Crippen LogP contribution >= 0.6 is 0 Å². The largest absolute Gasteiger partial charge is 0.485 e. The predicted octanol–water partition coefficient (Wildman–Crippen LogP) is 4.16. The lowest BCUT2D eigenvalue weighted by Crippen LogP contribution is -2.56. The molecule has 33 heavy (non-hydrogen) atoms. The van der Waals surface area contributed by atoms with Crippen molar-refractivity contribution in [2.45, 2.75) is 44.9 Å². The van der Waals surface area contributed by atoms with Gasteiger partial charge in [-0.3, -0.25) is 4.79 Å². The van der Waals surface area contributed by atoms with Crippen LogP contribution < -0.4 is 10.1 Å². The van der Waals surface area contributed by atoms with Gasteiger partial charge < -0.3 is 24.8 Å². The number of para-hydroxylation sites is 1. The molecule has 0 aliphatic carbocycles. The Bertz CT molecular complexity index is 1180. The van der Waals surface area contributed by atoms with Crippen LogP contribution in [0.25, 0.3) is 10.9 Å². The van der Waals surface area contributed by atoms with Crippen molar-refractivity contribution in [2.24, 2.45) is 0 Å². The molecule has 7 heteroatoms. The second-order valence-corrected chi connectivity index (χ2v) is 9.42. The van der Waals surface area contributed by atoms with Crippen LogP contribution in [0.2, 0.25) is 0 Å². The number of amides is 3. The second-order valence-electron chi connectivity index (χ2n) is 9.42. The molecule has 2 aromatic carbocycles. The summed E-state index contributed by atoms with van der Waals surface area (Å²) in [6.45, 7) is 6.10. The Morgan fingerprint density at radius 3 is 2.64 bits per heavy atom. The van der Waals surface area contributed by atoms with Gasteiger partial charge in [0.2, 0.25) is 0 Å². The number of carbonyl (C=O) groups is 2. The third-order valence-corrected chi connectivity index (χ3v) is 6.60. The van der Waals surface area contributed by atoms with Crippen LogP contribution in [-0.2, 0) is 6.54 Å². The van der Waals surface area contributed by atoms with Gasteiger partial charge in [-0.05, 0) is 44.2 Å². The number of fused-ring (bicyclic) bond motifs is 2. The van der Waals surface area contributed by atoms with Crippen LogP contribution in [0, 0.1) is 0 Å². The fourth-order valence-electron chi connectivity index (χ4n) is 4.84. The van der Waals surface area contributed by atoms with Crippen molar-refractivity contribution in [3.63, 3.8) is 0 Å². The van der Waals surface area contributed by atoms with E-state index in [0.717, 1.165) is 22.2 Å². The minimum absolute atomic E-state index is 0.00208. The maximum Gasteiger partial charge on any atom is 0.317 e. The van der Waals surface area contributed by atoms with Crippen molar-refractivity contribution in [3.05, 3.63) is 65.9 Å². The molecular weight excluding hydrogens is 416 g/mol. The number of urea groups is 1. The molecule has 2 aliphatic rings. The average Bonchev–Trinajstić information content (AvgIpc) is 3.21. The number of H-pyrrole nitrogens is 1. The number of aromatic amines is 1. The molecule has 1 spiro atoms. The smallest absolute Gasteiger partial charge is 0.317 e. The summed E-state index contributed by atoms with van der Waals surface area (Å²) in [5.41, 5.74) is 2.17. The molecule has 5 rings (SSSR count). The number of aromatic nitrogens is 1. The fourth-order valence-corrected chi connectivity index (χ4v) is 4.84. The fraction of sp³-hybridized carbons (Fsp3) is 0.385. The van der Waals surface area contributed by atoms with Gasteiger partial charge in [0.05, 0.1) is 6.54 Å². The molecule has 0 radical (unpaired) electrons. The number of nitrogens with one attached hydrogen (secondary N) is 2. The lowest BCUT2D eigenvalue weighted by molar-refractivity contribution is -0.00765. The van der Waals surface area contributed by atoms with Crippen LogP contribution in [0.15, 0.2) is 54.7 Å². The Kier molecular flexibility index (Phi) is 5.48. The van der Waals surface area contributed by atoms with Crippen LogP contribution in [0.3, 0.4) is 0 Å². The van der Waals surface area contributed by atoms with Crippen LogP contribution in [0.4, 0.5) is 4.79 Å². The van der Waals surface area contributed by atoms with E-state index in [4.69, 9.17) is 4.74 Å². The second kappa shape index (κ2) is 8.46. The molecule has 2 N–H and O–H groups in total. The number of hydrogen-bond donors (Lipinski definition) is 2. The summed E-state index contributed by atoms with van der Waals surface area (Å²) in [7, 11) is 0. The molecule has 2 aliphatic heterocycles. The maximum absolute atomic E-state index is 13.6. The normalized spacial score (nSPS) is 17.5. The van der Waals surface area contributed by atoms with Crippen LogP contribution in [0.1, 0.15) is 42.6 Å². The first kappa shape index (κ1) is 21.4. The summed E-state index contributed by atoms with van der Waals surface area (Å²) in [5.74, 6) is 0.826. The molecule has 3 amide bonds. The van der Waals surface area contributed by atoms with Crippen molar-refractivity contribution in [1.82, 2.24) is 20.1 Å². The number of rotatable bonds is 2. The van der Waals surface area contributed by atoms with Gasteiger partial charge in [-0.15, -0.1) is 0 Å². The van der Waals surface area contributed by atoms with Crippen molar-refractivity contribution < 1.29 is 14.3 Å². The Hall–Kier alpha value is -3.48. The molecule has 0 atom stereocenters. The van der Waals surface area contributed by atoms with E-state index in [1.807, 2.05) is 78.4 Å². The molecular formula is C26H30N4O3. The molecule has 0 saturated carbocycles. The highest BCUT2D eigenvalue weighted by molar-refractivity contribution is 5.98. The van der Waals surface area contributed by atoms with E-state index in [2.05, 4.69) is 10.3 Å². The third-order valence-electron chi connectivity index (χ3n) is 6.60. The van der Waals surface area contributed by atoms with Gasteiger partial charge >= 0.3 is 6.03 Å². The highest BCUT2D eigenvalue weighted by atomic mass is 16.5. The van der Waals surface area contributed by atoms with Gasteiger partial charge in [0, 0.05) is 66.7 Å². The number of hydrogen-bond acceptors (Lipinski definition) is 3. The van der Waals surface area contributed by atoms with E-state index in [9.17, 15) is 9.59 Å². The zero-order valence-corrected chi connectivity index (χ0v) is 19.1. The number of likely N-dealkylation sites (tertiary alicyclic amines) is 1. The summed E-state index contributed by atoms with van der Waals surface area (Å²) in [4.78, 5) is 33.1. The molecule has 1 fully saturated rings. The summed E-state index contributed by atoms with van der Waals surface area (Å²) in [6.07, 6.45) is 3.23. The van der Waals surface area contributed by atoms with Gasteiger partial charge in [0.25, 0.3) is 5.91 Å². The third kappa shape index (κ3) is 4.27. The number of carbonyl (C=O) groups excluding carboxylic acids is 2. The van der Waals surface area contributed by atoms with E-state index >= 15 is 0 Å². The quantitative estimate of drug-likeness (QED) is 0.621. The summed E-state index contributed by atoms with van der Waals surface area (Å²) in [5, 5.41) is 3.99. The number of benzene rings is 2. The standard InChI is InChI=1S/C26H30N4O3/c1-18(2)28-25(32)29-13-10-26(11-14-29)17-30(16-21-5-3-4-6-23(21)33-26)24(31)20-7-8-22-19(15-20)9-12-27-22/h3-9,12,15,18,27H,10-11,13-14,16-17H2,1-2H3,(H,28,32).